The van der Waals surface area contributed by atoms with Gasteiger partial charge in [-0.1, -0.05) is 12.8 Å². The highest BCUT2D eigenvalue weighted by atomic mass is 16.5. The maximum absolute atomic E-state index is 11.9. The van der Waals surface area contributed by atoms with Gasteiger partial charge in [0.25, 0.3) is 0 Å². The van der Waals surface area contributed by atoms with E-state index in [1.165, 1.54) is 12.0 Å². The lowest BCUT2D eigenvalue weighted by atomic mass is 9.97. The quantitative estimate of drug-likeness (QED) is 0.665. The Labute approximate surface area is 89.6 Å². The van der Waals surface area contributed by atoms with Gasteiger partial charge in [-0.15, -0.1) is 0 Å². The van der Waals surface area contributed by atoms with Crippen LogP contribution in [0.2, 0.25) is 0 Å². The number of methoxy groups -OCH3 is 1. The minimum Gasteiger partial charge on any atom is -0.468 e. The molecule has 0 radical (unpaired) electrons. The van der Waals surface area contributed by atoms with E-state index in [2.05, 4.69) is 4.74 Å². The zero-order valence-corrected chi connectivity index (χ0v) is 9.28. The van der Waals surface area contributed by atoms with E-state index in [9.17, 15) is 9.59 Å². The second-order valence-electron chi connectivity index (χ2n) is 4.10. The molecule has 15 heavy (non-hydrogen) atoms. The zero-order valence-electron chi connectivity index (χ0n) is 9.28. The summed E-state index contributed by atoms with van der Waals surface area (Å²) in [5.74, 6) is -0.585. The number of carbonyl (C=O) groups excluding carboxylic acids is 2. The van der Waals surface area contributed by atoms with Crippen LogP contribution in [0.5, 0.6) is 0 Å². The summed E-state index contributed by atoms with van der Waals surface area (Å²) in [5, 5.41) is 0. The Morgan fingerprint density at radius 3 is 2.40 bits per heavy atom. The molecule has 0 heterocycles. The van der Waals surface area contributed by atoms with Gasteiger partial charge in [0.05, 0.1) is 12.6 Å². The van der Waals surface area contributed by atoms with Crippen LogP contribution in [0.3, 0.4) is 0 Å². The van der Waals surface area contributed by atoms with Gasteiger partial charge in [-0.05, 0) is 12.8 Å². The summed E-state index contributed by atoms with van der Waals surface area (Å²) in [5.41, 5.74) is 5.22. The SMILES string of the molecule is COC(=O)CN(C)C(=O)C1(N)CCCC1. The number of rotatable bonds is 3. The van der Waals surface area contributed by atoms with Gasteiger partial charge in [0, 0.05) is 7.05 Å². The Morgan fingerprint density at radius 2 is 1.93 bits per heavy atom. The molecule has 1 amide bonds. The maximum atomic E-state index is 11.9. The lowest BCUT2D eigenvalue weighted by Crippen LogP contribution is -2.53. The predicted molar refractivity (Wildman–Crippen MR) is 55.0 cm³/mol. The van der Waals surface area contributed by atoms with Crippen LogP contribution in [0.15, 0.2) is 0 Å². The van der Waals surface area contributed by atoms with E-state index >= 15 is 0 Å². The molecule has 1 fully saturated rings. The largest absolute Gasteiger partial charge is 0.468 e. The highest BCUT2D eigenvalue weighted by Crippen LogP contribution is 2.28. The summed E-state index contributed by atoms with van der Waals surface area (Å²) >= 11 is 0. The molecule has 1 rings (SSSR count). The van der Waals surface area contributed by atoms with Crippen LogP contribution in [-0.4, -0.2) is 43.0 Å². The molecule has 0 aromatic rings. The summed E-state index contributed by atoms with van der Waals surface area (Å²) in [4.78, 5) is 24.2. The third-order valence-electron chi connectivity index (χ3n) is 2.86. The number of hydrogen-bond donors (Lipinski definition) is 1. The van der Waals surface area contributed by atoms with E-state index < -0.39 is 11.5 Å². The van der Waals surface area contributed by atoms with Crippen LogP contribution in [0.25, 0.3) is 0 Å². The molecule has 0 aromatic heterocycles. The number of likely N-dealkylation sites (N-methyl/N-ethyl adjacent to an activating group) is 1. The minimum absolute atomic E-state index is 0.0334. The van der Waals surface area contributed by atoms with Gasteiger partial charge in [0.15, 0.2) is 0 Å². The van der Waals surface area contributed by atoms with E-state index in [0.717, 1.165) is 12.8 Å². The summed E-state index contributed by atoms with van der Waals surface area (Å²) < 4.78 is 4.49. The number of ether oxygens (including phenoxy) is 1. The summed E-state index contributed by atoms with van der Waals surface area (Å²) in [7, 11) is 2.88. The van der Waals surface area contributed by atoms with Gasteiger partial charge >= 0.3 is 5.97 Å². The molecule has 0 aliphatic heterocycles. The molecule has 1 saturated carbocycles. The van der Waals surface area contributed by atoms with Gasteiger partial charge in [-0.3, -0.25) is 9.59 Å². The van der Waals surface area contributed by atoms with Crippen molar-refractivity contribution < 1.29 is 14.3 Å². The molecule has 86 valence electrons. The number of carbonyl (C=O) groups is 2. The third kappa shape index (κ3) is 2.68. The lowest BCUT2D eigenvalue weighted by Gasteiger charge is -2.27. The second-order valence-corrected chi connectivity index (χ2v) is 4.10. The highest BCUT2D eigenvalue weighted by molar-refractivity contribution is 5.89. The summed E-state index contributed by atoms with van der Waals surface area (Å²) in [6, 6.07) is 0. The molecule has 0 atom stereocenters. The summed E-state index contributed by atoms with van der Waals surface area (Å²) in [6.45, 7) is -0.0334. The van der Waals surface area contributed by atoms with Gasteiger partial charge in [0.1, 0.15) is 6.54 Å². The number of esters is 1. The maximum Gasteiger partial charge on any atom is 0.325 e. The highest BCUT2D eigenvalue weighted by Gasteiger charge is 2.39. The Balaban J connectivity index is 2.55. The van der Waals surface area contributed by atoms with Crippen molar-refractivity contribution in [2.24, 2.45) is 5.73 Å². The molecular formula is C10H18N2O3. The molecule has 0 unspecified atom stereocenters. The minimum atomic E-state index is -0.761. The first kappa shape index (κ1) is 12.0. The number of nitrogens with two attached hydrogens (primary N) is 1. The van der Waals surface area contributed by atoms with Gasteiger partial charge in [0.2, 0.25) is 5.91 Å². The number of hydrogen-bond acceptors (Lipinski definition) is 4. The van der Waals surface area contributed by atoms with Crippen LogP contribution < -0.4 is 5.73 Å². The van der Waals surface area contributed by atoms with Gasteiger partial charge in [-0.25, -0.2) is 0 Å². The van der Waals surface area contributed by atoms with Gasteiger partial charge < -0.3 is 15.4 Å². The zero-order chi connectivity index (χ0) is 11.5. The fraction of sp³-hybridized carbons (Fsp3) is 0.800. The average Bonchev–Trinajstić information content (AvgIpc) is 2.65. The van der Waals surface area contributed by atoms with E-state index in [1.807, 2.05) is 0 Å². The fourth-order valence-electron chi connectivity index (χ4n) is 1.93. The van der Waals surface area contributed by atoms with Crippen LogP contribution in [-0.2, 0) is 14.3 Å². The molecular weight excluding hydrogens is 196 g/mol. The first-order chi connectivity index (χ1) is 6.99. The molecule has 0 aromatic carbocycles. The molecule has 2 N–H and O–H groups in total. The predicted octanol–water partition coefficient (Wildman–Crippen LogP) is -0.111. The van der Waals surface area contributed by atoms with Crippen LogP contribution in [0.1, 0.15) is 25.7 Å². The van der Waals surface area contributed by atoms with Crippen LogP contribution in [0, 0.1) is 0 Å². The molecule has 5 heteroatoms. The Hall–Kier alpha value is -1.10. The third-order valence-corrected chi connectivity index (χ3v) is 2.86. The van der Waals surface area contributed by atoms with Crippen molar-refractivity contribution in [2.45, 2.75) is 31.2 Å². The van der Waals surface area contributed by atoms with Gasteiger partial charge in [-0.2, -0.15) is 0 Å². The first-order valence-electron chi connectivity index (χ1n) is 5.11. The van der Waals surface area contributed by atoms with E-state index in [4.69, 9.17) is 5.73 Å². The number of amides is 1. The molecule has 1 aliphatic rings. The molecule has 0 saturated heterocycles. The van der Waals surface area contributed by atoms with Crippen molar-refractivity contribution in [1.29, 1.82) is 0 Å². The van der Waals surface area contributed by atoms with Crippen molar-refractivity contribution in [3.63, 3.8) is 0 Å². The number of nitrogens with zero attached hydrogens (tertiary/aromatic N) is 1. The standard InChI is InChI=1S/C10H18N2O3/c1-12(7-8(13)15-2)9(14)10(11)5-3-4-6-10/h3-7,11H2,1-2H3. The molecule has 0 bridgehead atoms. The fourth-order valence-corrected chi connectivity index (χ4v) is 1.93. The Bertz CT molecular complexity index is 259. The van der Waals surface area contributed by atoms with Crippen LogP contribution in [0.4, 0.5) is 0 Å². The Kier molecular flexibility index (Phi) is 3.68. The topological polar surface area (TPSA) is 72.6 Å². The molecule has 1 aliphatic carbocycles. The average molecular weight is 214 g/mol. The monoisotopic (exact) mass is 214 g/mol. The Morgan fingerprint density at radius 1 is 1.40 bits per heavy atom. The van der Waals surface area contributed by atoms with E-state index in [-0.39, 0.29) is 12.5 Å². The van der Waals surface area contributed by atoms with Crippen molar-refractivity contribution in [2.75, 3.05) is 20.7 Å². The normalized spacial score (nSPS) is 18.6. The van der Waals surface area contributed by atoms with E-state index in [0.29, 0.717) is 12.8 Å². The van der Waals surface area contributed by atoms with Crippen molar-refractivity contribution in [3.05, 3.63) is 0 Å². The summed E-state index contributed by atoms with van der Waals surface area (Å²) in [6.07, 6.45) is 3.37. The van der Waals surface area contributed by atoms with Crippen molar-refractivity contribution in [1.82, 2.24) is 4.90 Å². The molecule has 5 nitrogen and oxygen atoms in total. The van der Waals surface area contributed by atoms with Crippen molar-refractivity contribution in [3.8, 4) is 0 Å². The van der Waals surface area contributed by atoms with E-state index in [1.54, 1.807) is 7.05 Å². The lowest BCUT2D eigenvalue weighted by molar-refractivity contribution is -0.147. The second kappa shape index (κ2) is 4.61. The first-order valence-corrected chi connectivity index (χ1v) is 5.11. The smallest absolute Gasteiger partial charge is 0.325 e. The molecule has 0 spiro atoms. The van der Waals surface area contributed by atoms with Crippen molar-refractivity contribution >= 4 is 11.9 Å². The van der Waals surface area contributed by atoms with Crippen LogP contribution >= 0.6 is 0 Å².